The molecule has 0 spiro atoms. The molecule has 3 N–H and O–H groups in total. The highest BCUT2D eigenvalue weighted by atomic mass is 16.2. The SMILES string of the molecule is Nc1ccc(C(=O)NN=Cc2c(-c3ccccc3)n(-c3ccccc3)c3ccccc23)cc1. The third-order valence-electron chi connectivity index (χ3n) is 5.51. The number of amides is 1. The van der Waals surface area contributed by atoms with Crippen LogP contribution in [-0.2, 0) is 0 Å². The summed E-state index contributed by atoms with van der Waals surface area (Å²) in [5.74, 6) is -0.292. The molecule has 0 aliphatic carbocycles. The first kappa shape index (κ1) is 20.3. The number of nitrogen functional groups attached to an aromatic ring is 1. The average molecular weight is 431 g/mol. The van der Waals surface area contributed by atoms with Crippen molar-refractivity contribution in [2.45, 2.75) is 0 Å². The van der Waals surface area contributed by atoms with Gasteiger partial charge in [-0.2, -0.15) is 5.10 Å². The maximum Gasteiger partial charge on any atom is 0.271 e. The molecule has 1 heterocycles. The number of rotatable bonds is 5. The lowest BCUT2D eigenvalue weighted by Gasteiger charge is -2.12. The number of hydrogen-bond donors (Lipinski definition) is 2. The lowest BCUT2D eigenvalue weighted by atomic mass is 10.1. The first-order valence-corrected chi connectivity index (χ1v) is 10.7. The van der Waals surface area contributed by atoms with Crippen molar-refractivity contribution in [3.8, 4) is 16.9 Å². The summed E-state index contributed by atoms with van der Waals surface area (Å²) in [6, 6.07) is 35.4. The quantitative estimate of drug-likeness (QED) is 0.215. The van der Waals surface area contributed by atoms with Gasteiger partial charge in [0.1, 0.15) is 0 Å². The first-order chi connectivity index (χ1) is 16.2. The predicted octanol–water partition coefficient (Wildman–Crippen LogP) is 5.64. The molecule has 160 valence electrons. The van der Waals surface area contributed by atoms with Crippen molar-refractivity contribution in [3.05, 3.63) is 120 Å². The van der Waals surface area contributed by atoms with E-state index in [1.807, 2.05) is 48.5 Å². The molecule has 0 fully saturated rings. The second-order valence-electron chi connectivity index (χ2n) is 7.64. The summed E-state index contributed by atoms with van der Waals surface area (Å²) in [6.45, 7) is 0. The van der Waals surface area contributed by atoms with Crippen molar-refractivity contribution in [2.24, 2.45) is 5.10 Å². The minimum absolute atomic E-state index is 0.292. The van der Waals surface area contributed by atoms with Crippen molar-refractivity contribution >= 4 is 28.7 Å². The van der Waals surface area contributed by atoms with Gasteiger partial charge < -0.3 is 10.3 Å². The van der Waals surface area contributed by atoms with E-state index in [0.29, 0.717) is 11.3 Å². The topological polar surface area (TPSA) is 72.4 Å². The molecule has 5 nitrogen and oxygen atoms in total. The summed E-state index contributed by atoms with van der Waals surface area (Å²) < 4.78 is 2.23. The van der Waals surface area contributed by atoms with Crippen molar-refractivity contribution in [1.29, 1.82) is 0 Å². The second kappa shape index (κ2) is 8.85. The van der Waals surface area contributed by atoms with Crippen molar-refractivity contribution in [3.63, 3.8) is 0 Å². The number of anilines is 1. The molecule has 0 saturated heterocycles. The highest BCUT2D eigenvalue weighted by molar-refractivity contribution is 6.07. The molecule has 0 bridgehead atoms. The fraction of sp³-hybridized carbons (Fsp3) is 0. The standard InChI is InChI=1S/C28H22N4O/c29-22-17-15-21(16-18-22)28(33)31-30-19-25-24-13-7-8-14-26(24)32(23-11-5-2-6-12-23)27(25)20-9-3-1-4-10-20/h1-19H,29H2,(H,31,33). The molecule has 33 heavy (non-hydrogen) atoms. The zero-order valence-corrected chi connectivity index (χ0v) is 17.8. The molecule has 1 amide bonds. The maximum absolute atomic E-state index is 12.5. The van der Waals surface area contributed by atoms with Crippen LogP contribution < -0.4 is 11.2 Å². The van der Waals surface area contributed by atoms with Crippen LogP contribution in [0.15, 0.2) is 114 Å². The van der Waals surface area contributed by atoms with Crippen molar-refractivity contribution in [2.75, 3.05) is 5.73 Å². The van der Waals surface area contributed by atoms with Crippen LogP contribution in [0.3, 0.4) is 0 Å². The molecule has 4 aromatic carbocycles. The first-order valence-electron chi connectivity index (χ1n) is 10.7. The molecule has 5 aromatic rings. The van der Waals surface area contributed by atoms with Gasteiger partial charge >= 0.3 is 0 Å². The zero-order chi connectivity index (χ0) is 22.6. The van der Waals surface area contributed by atoms with Crippen molar-refractivity contribution < 1.29 is 4.79 Å². The molecular weight excluding hydrogens is 408 g/mol. The molecule has 0 unspecified atom stereocenters. The van der Waals surface area contributed by atoms with Gasteiger partial charge in [-0.15, -0.1) is 0 Å². The number of benzene rings is 4. The number of carbonyl (C=O) groups is 1. The third-order valence-corrected chi connectivity index (χ3v) is 5.51. The van der Waals surface area contributed by atoms with Gasteiger partial charge in [0.05, 0.1) is 17.4 Å². The lowest BCUT2D eigenvalue weighted by Crippen LogP contribution is -2.17. The predicted molar refractivity (Wildman–Crippen MR) is 135 cm³/mol. The molecule has 5 rings (SSSR count). The largest absolute Gasteiger partial charge is 0.399 e. The second-order valence-corrected chi connectivity index (χ2v) is 7.64. The summed E-state index contributed by atoms with van der Waals surface area (Å²) in [5.41, 5.74) is 14.6. The van der Waals surface area contributed by atoms with E-state index in [9.17, 15) is 4.79 Å². The Morgan fingerprint density at radius 2 is 1.42 bits per heavy atom. The van der Waals surface area contributed by atoms with E-state index in [-0.39, 0.29) is 5.91 Å². The smallest absolute Gasteiger partial charge is 0.271 e. The lowest BCUT2D eigenvalue weighted by molar-refractivity contribution is 0.0955. The molecule has 0 saturated carbocycles. The van der Waals surface area contributed by atoms with Gasteiger partial charge in [-0.05, 0) is 48.0 Å². The summed E-state index contributed by atoms with van der Waals surface area (Å²) in [5, 5.41) is 5.36. The molecular formula is C28H22N4O. The van der Waals surface area contributed by atoms with E-state index in [0.717, 1.165) is 33.4 Å². The Morgan fingerprint density at radius 3 is 2.15 bits per heavy atom. The van der Waals surface area contributed by atoms with E-state index in [4.69, 9.17) is 5.73 Å². The van der Waals surface area contributed by atoms with Gasteiger partial charge in [-0.25, -0.2) is 5.43 Å². The number of nitrogens with one attached hydrogen (secondary N) is 1. The zero-order valence-electron chi connectivity index (χ0n) is 17.8. The van der Waals surface area contributed by atoms with Gasteiger partial charge in [0.25, 0.3) is 5.91 Å². The van der Waals surface area contributed by atoms with Crippen LogP contribution in [-0.4, -0.2) is 16.7 Å². The van der Waals surface area contributed by atoms with E-state index in [2.05, 4.69) is 51.5 Å². The van der Waals surface area contributed by atoms with E-state index in [1.165, 1.54) is 0 Å². The molecule has 1 aromatic heterocycles. The van der Waals surface area contributed by atoms with Gasteiger partial charge in [0.15, 0.2) is 0 Å². The summed E-state index contributed by atoms with van der Waals surface area (Å²) >= 11 is 0. The number of hydrazone groups is 1. The summed E-state index contributed by atoms with van der Waals surface area (Å²) in [4.78, 5) is 12.5. The number of nitrogens with zero attached hydrogens (tertiary/aromatic N) is 2. The van der Waals surface area contributed by atoms with Gasteiger partial charge in [-0.3, -0.25) is 4.79 Å². The van der Waals surface area contributed by atoms with E-state index < -0.39 is 0 Å². The van der Waals surface area contributed by atoms with Gasteiger partial charge in [0.2, 0.25) is 0 Å². The molecule has 5 heteroatoms. The average Bonchev–Trinajstić information content (AvgIpc) is 3.20. The third kappa shape index (κ3) is 4.00. The van der Waals surface area contributed by atoms with Gasteiger partial charge in [0, 0.05) is 27.9 Å². The minimum atomic E-state index is -0.292. The summed E-state index contributed by atoms with van der Waals surface area (Å²) in [6.07, 6.45) is 1.72. The van der Waals surface area contributed by atoms with Gasteiger partial charge in [-0.1, -0.05) is 66.7 Å². The Bertz CT molecular complexity index is 1440. The monoisotopic (exact) mass is 430 g/mol. The Kier molecular flexibility index (Phi) is 5.43. The molecule has 0 radical (unpaired) electrons. The Labute approximate surface area is 191 Å². The maximum atomic E-state index is 12.5. The van der Waals surface area contributed by atoms with Crippen LogP contribution in [0.4, 0.5) is 5.69 Å². The molecule has 0 atom stereocenters. The van der Waals surface area contributed by atoms with Crippen LogP contribution in [0.5, 0.6) is 0 Å². The summed E-state index contributed by atoms with van der Waals surface area (Å²) in [7, 11) is 0. The van der Waals surface area contributed by atoms with Crippen LogP contribution >= 0.6 is 0 Å². The minimum Gasteiger partial charge on any atom is -0.399 e. The van der Waals surface area contributed by atoms with E-state index in [1.54, 1.807) is 30.5 Å². The number of carbonyl (C=O) groups excluding carboxylic acids is 1. The highest BCUT2D eigenvalue weighted by Crippen LogP contribution is 2.35. The normalized spacial score (nSPS) is 11.2. The number of nitrogens with two attached hydrogens (primary N) is 1. The number of aromatic nitrogens is 1. The Balaban J connectivity index is 1.63. The van der Waals surface area contributed by atoms with E-state index >= 15 is 0 Å². The highest BCUT2D eigenvalue weighted by Gasteiger charge is 2.18. The van der Waals surface area contributed by atoms with Crippen molar-refractivity contribution in [1.82, 2.24) is 9.99 Å². The van der Waals surface area contributed by atoms with Crippen LogP contribution in [0.25, 0.3) is 27.8 Å². The Morgan fingerprint density at radius 1 is 0.788 bits per heavy atom. The fourth-order valence-electron chi connectivity index (χ4n) is 3.98. The van der Waals surface area contributed by atoms with Crippen LogP contribution in [0, 0.1) is 0 Å². The number of hydrogen-bond acceptors (Lipinski definition) is 3. The fourth-order valence-corrected chi connectivity index (χ4v) is 3.98. The van der Waals surface area contributed by atoms with Crippen LogP contribution in [0.1, 0.15) is 15.9 Å². The molecule has 0 aliphatic heterocycles. The number of fused-ring (bicyclic) bond motifs is 1. The molecule has 0 aliphatic rings. The van der Waals surface area contributed by atoms with Crippen LogP contribution in [0.2, 0.25) is 0 Å². The number of para-hydroxylation sites is 2. The Hall–Kier alpha value is -4.64.